The number of imidazole rings is 1. The standard InChI is InChI=1S/C28H33ClN8OS2/c1-27(2,3)40(38)35-23-18-6-5-10-31-19(18)16-28(23)8-13-36(14-9-28)26-34-17-21(25-33-12-15-37(25)26)39-20-7-11-32-24(30-4)22(20)29/h5-7,10-12,15,17,23,35H,8-9,13-14,16H2,1-4H3,(H,30,32). The molecule has 2 unspecified atom stereocenters. The maximum atomic E-state index is 13.2. The van der Waals surface area contributed by atoms with Gasteiger partial charge in [0, 0.05) is 78.5 Å². The van der Waals surface area contributed by atoms with Gasteiger partial charge in [0.1, 0.15) is 10.6 Å². The summed E-state index contributed by atoms with van der Waals surface area (Å²) in [5.41, 5.74) is 3.10. The molecule has 40 heavy (non-hydrogen) atoms. The van der Waals surface area contributed by atoms with E-state index < -0.39 is 11.4 Å². The number of pyridine rings is 2. The zero-order valence-corrected chi connectivity index (χ0v) is 25.4. The fourth-order valence-electron chi connectivity index (χ4n) is 5.70. The van der Waals surface area contributed by atoms with Gasteiger partial charge in [-0.05, 0) is 57.7 Å². The number of anilines is 2. The van der Waals surface area contributed by atoms with Crippen molar-refractivity contribution < 1.29 is 4.55 Å². The third kappa shape index (κ3) is 4.92. The smallest absolute Gasteiger partial charge is 0.211 e. The van der Waals surface area contributed by atoms with Gasteiger partial charge in [0.05, 0.1) is 16.0 Å². The van der Waals surface area contributed by atoms with Gasteiger partial charge in [-0.2, -0.15) is 0 Å². The van der Waals surface area contributed by atoms with Crippen molar-refractivity contribution in [2.24, 2.45) is 5.41 Å². The van der Waals surface area contributed by atoms with Gasteiger partial charge in [0.25, 0.3) is 0 Å². The quantitative estimate of drug-likeness (QED) is 0.287. The Hall–Kier alpha value is -2.57. The number of hydrogen-bond acceptors (Lipinski definition) is 9. The number of rotatable bonds is 6. The number of piperidine rings is 1. The molecule has 1 saturated heterocycles. The van der Waals surface area contributed by atoms with Crippen LogP contribution in [0.5, 0.6) is 0 Å². The number of fused-ring (bicyclic) bond motifs is 2. The van der Waals surface area contributed by atoms with Crippen LogP contribution in [0.3, 0.4) is 0 Å². The van der Waals surface area contributed by atoms with Crippen LogP contribution in [0, 0.1) is 5.41 Å². The Balaban J connectivity index is 1.25. The SMILES string of the molecule is CNc1nccc(Sc2cnc(N3CCC4(CC3)Cc3ncccc3C4N[S+]([O-])C(C)(C)C)n3ccnc23)c1Cl. The molecule has 5 heterocycles. The molecular formula is C28H33ClN8OS2. The van der Waals surface area contributed by atoms with Crippen LogP contribution in [0.4, 0.5) is 11.8 Å². The summed E-state index contributed by atoms with van der Waals surface area (Å²) in [6, 6.07) is 6.03. The first-order valence-corrected chi connectivity index (χ1v) is 15.7. The lowest BCUT2D eigenvalue weighted by Crippen LogP contribution is -2.50. The lowest BCUT2D eigenvalue weighted by atomic mass is 9.73. The molecule has 0 amide bonds. The highest BCUT2D eigenvalue weighted by molar-refractivity contribution is 7.99. The van der Waals surface area contributed by atoms with Crippen LogP contribution in [-0.4, -0.2) is 53.8 Å². The van der Waals surface area contributed by atoms with E-state index in [1.54, 1.807) is 13.2 Å². The average molecular weight is 597 g/mol. The minimum atomic E-state index is -1.18. The molecule has 4 aromatic rings. The summed E-state index contributed by atoms with van der Waals surface area (Å²) in [6.07, 6.45) is 12.0. The summed E-state index contributed by atoms with van der Waals surface area (Å²) in [7, 11) is 1.80. The molecule has 2 aliphatic rings. The fraction of sp³-hybridized carbons (Fsp3) is 0.429. The second-order valence-electron chi connectivity index (χ2n) is 11.4. The number of nitrogens with zero attached hydrogens (tertiary/aromatic N) is 6. The largest absolute Gasteiger partial charge is 0.598 e. The second-order valence-corrected chi connectivity index (χ2v) is 14.8. The Bertz CT molecular complexity index is 1530. The van der Waals surface area contributed by atoms with Crippen LogP contribution in [-0.2, 0) is 17.8 Å². The van der Waals surface area contributed by atoms with Crippen molar-refractivity contribution in [3.8, 4) is 0 Å². The maximum Gasteiger partial charge on any atom is 0.211 e. The first-order chi connectivity index (χ1) is 19.2. The zero-order valence-electron chi connectivity index (χ0n) is 23.0. The molecule has 1 fully saturated rings. The van der Waals surface area contributed by atoms with Crippen molar-refractivity contribution >= 4 is 52.1 Å². The molecule has 1 aliphatic heterocycles. The van der Waals surface area contributed by atoms with E-state index in [0.717, 1.165) is 59.4 Å². The van der Waals surface area contributed by atoms with Crippen molar-refractivity contribution in [1.82, 2.24) is 29.1 Å². The summed E-state index contributed by atoms with van der Waals surface area (Å²) in [5, 5.41) is 3.60. The third-order valence-electron chi connectivity index (χ3n) is 7.88. The second kappa shape index (κ2) is 10.7. The van der Waals surface area contributed by atoms with Crippen LogP contribution in [0.25, 0.3) is 5.65 Å². The van der Waals surface area contributed by atoms with E-state index in [9.17, 15) is 4.55 Å². The predicted molar refractivity (Wildman–Crippen MR) is 161 cm³/mol. The molecule has 1 spiro atoms. The van der Waals surface area contributed by atoms with Crippen LogP contribution in [0.1, 0.15) is 50.9 Å². The van der Waals surface area contributed by atoms with Gasteiger partial charge >= 0.3 is 0 Å². The van der Waals surface area contributed by atoms with E-state index >= 15 is 0 Å². The van der Waals surface area contributed by atoms with E-state index in [2.05, 4.69) is 35.4 Å². The Morgan fingerprint density at radius 1 is 1.07 bits per heavy atom. The number of halogens is 1. The van der Waals surface area contributed by atoms with Gasteiger partial charge in [-0.25, -0.2) is 15.0 Å². The van der Waals surface area contributed by atoms with Crippen LogP contribution >= 0.6 is 23.4 Å². The lowest BCUT2D eigenvalue weighted by Gasteiger charge is -2.44. The molecule has 9 nitrogen and oxygen atoms in total. The topological polar surface area (TPSA) is 106 Å². The monoisotopic (exact) mass is 596 g/mol. The van der Waals surface area contributed by atoms with Gasteiger partial charge in [-0.15, -0.1) is 4.72 Å². The van der Waals surface area contributed by atoms with Crippen molar-refractivity contribution in [3.63, 3.8) is 0 Å². The average Bonchev–Trinajstić information content (AvgIpc) is 3.54. The number of nitrogens with one attached hydrogen (secondary N) is 2. The van der Waals surface area contributed by atoms with E-state index in [4.69, 9.17) is 21.6 Å². The van der Waals surface area contributed by atoms with Gasteiger partial charge in [-0.1, -0.05) is 29.4 Å². The molecule has 0 bridgehead atoms. The van der Waals surface area contributed by atoms with E-state index in [-0.39, 0.29) is 16.2 Å². The minimum absolute atomic E-state index is 0.00557. The summed E-state index contributed by atoms with van der Waals surface area (Å²) in [6.45, 7) is 7.70. The molecule has 4 aromatic heterocycles. The molecule has 12 heteroatoms. The predicted octanol–water partition coefficient (Wildman–Crippen LogP) is 5.30. The molecule has 6 rings (SSSR count). The molecule has 210 valence electrons. The summed E-state index contributed by atoms with van der Waals surface area (Å²) in [5.74, 6) is 1.51. The third-order valence-corrected chi connectivity index (χ3v) is 11.0. The van der Waals surface area contributed by atoms with Crippen LogP contribution in [0.2, 0.25) is 5.02 Å². The van der Waals surface area contributed by atoms with Crippen molar-refractivity contribution in [3.05, 3.63) is 65.5 Å². The molecule has 0 radical (unpaired) electrons. The van der Waals surface area contributed by atoms with Gasteiger partial charge in [0.2, 0.25) is 5.95 Å². The van der Waals surface area contributed by atoms with E-state index in [0.29, 0.717) is 10.8 Å². The number of hydrogen-bond donors (Lipinski definition) is 2. The highest BCUT2D eigenvalue weighted by Crippen LogP contribution is 2.52. The molecule has 0 aromatic carbocycles. The molecule has 2 atom stereocenters. The highest BCUT2D eigenvalue weighted by atomic mass is 35.5. The summed E-state index contributed by atoms with van der Waals surface area (Å²) < 4.78 is 18.4. The Morgan fingerprint density at radius 2 is 1.88 bits per heavy atom. The maximum absolute atomic E-state index is 13.2. The normalized spacial score (nSPS) is 19.2. The minimum Gasteiger partial charge on any atom is -0.598 e. The van der Waals surface area contributed by atoms with Crippen LogP contribution in [0.15, 0.2) is 59.0 Å². The van der Waals surface area contributed by atoms with Crippen molar-refractivity contribution in [2.45, 2.75) is 60.6 Å². The Labute approximate surface area is 246 Å². The number of aromatic nitrogens is 5. The van der Waals surface area contributed by atoms with E-state index in [1.807, 2.05) is 57.7 Å². The van der Waals surface area contributed by atoms with Gasteiger partial charge in [0.15, 0.2) is 5.65 Å². The molecule has 2 N–H and O–H groups in total. The molecular weight excluding hydrogens is 564 g/mol. The van der Waals surface area contributed by atoms with E-state index in [1.165, 1.54) is 17.3 Å². The van der Waals surface area contributed by atoms with Crippen molar-refractivity contribution in [2.75, 3.05) is 30.4 Å². The lowest BCUT2D eigenvalue weighted by molar-refractivity contribution is 0.175. The molecule has 0 saturated carbocycles. The summed E-state index contributed by atoms with van der Waals surface area (Å²) in [4.78, 5) is 22.7. The Morgan fingerprint density at radius 3 is 2.62 bits per heavy atom. The van der Waals surface area contributed by atoms with Crippen LogP contribution < -0.4 is 14.9 Å². The zero-order chi connectivity index (χ0) is 28.1. The molecule has 1 aliphatic carbocycles. The highest BCUT2D eigenvalue weighted by Gasteiger charge is 2.51. The Kier molecular flexibility index (Phi) is 7.37. The fourth-order valence-corrected chi connectivity index (χ4v) is 7.87. The van der Waals surface area contributed by atoms with Gasteiger partial charge in [-0.3, -0.25) is 9.38 Å². The van der Waals surface area contributed by atoms with Crippen molar-refractivity contribution in [1.29, 1.82) is 0 Å². The van der Waals surface area contributed by atoms with Gasteiger partial charge < -0.3 is 14.8 Å². The summed E-state index contributed by atoms with van der Waals surface area (Å²) >= 11 is 6.92. The first-order valence-electron chi connectivity index (χ1n) is 13.4. The first kappa shape index (κ1) is 27.6.